The molecule has 0 saturated carbocycles. The molecule has 2 rings (SSSR count). The molecule has 0 atom stereocenters. The Labute approximate surface area is 156 Å². The molecule has 1 aromatic heterocycles. The Morgan fingerprint density at radius 1 is 1.24 bits per heavy atom. The zero-order chi connectivity index (χ0) is 18.3. The van der Waals surface area contributed by atoms with Crippen LogP contribution in [-0.2, 0) is 26.3 Å². The van der Waals surface area contributed by atoms with Crippen LogP contribution in [0.15, 0.2) is 48.3 Å². The fourth-order valence-electron chi connectivity index (χ4n) is 1.72. The van der Waals surface area contributed by atoms with Gasteiger partial charge in [0.2, 0.25) is 0 Å². The number of nitrogens with zero attached hydrogens (tertiary/aromatic N) is 2. The number of alkyl halides is 3. The maximum Gasteiger partial charge on any atom is 3.00 e. The molecule has 0 unspecified atom stereocenters. The number of nitrogens with one attached hydrogen (secondary N) is 1. The summed E-state index contributed by atoms with van der Waals surface area (Å²) in [6, 6.07) is 7.82. The summed E-state index contributed by atoms with van der Waals surface area (Å²) in [6.07, 6.45) is -1.85. The van der Waals surface area contributed by atoms with E-state index in [0.29, 0.717) is 5.70 Å². The molecule has 134 valence electrons. The number of aromatic nitrogens is 1. The summed E-state index contributed by atoms with van der Waals surface area (Å²) in [4.78, 5) is 3.67. The molecule has 0 bridgehead atoms. The normalized spacial score (nSPS) is 11.0. The summed E-state index contributed by atoms with van der Waals surface area (Å²) in [6.45, 7) is 3.15. The molecule has 0 aliphatic carbocycles. The minimum absolute atomic E-state index is 0. The summed E-state index contributed by atoms with van der Waals surface area (Å²) in [5.74, 6) is -0.557. The van der Waals surface area contributed by atoms with Crippen molar-refractivity contribution in [2.45, 2.75) is 20.0 Å². The fourth-order valence-corrected chi connectivity index (χ4v) is 1.72. The average molecular weight is 529 g/mol. The predicted octanol–water partition coefficient (Wildman–Crippen LogP) is 5.68. The van der Waals surface area contributed by atoms with Crippen LogP contribution in [0, 0.1) is 11.9 Å². The molecule has 0 amide bonds. The molecule has 0 radical (unpaired) electrons. The maximum absolute atomic E-state index is 12.7. The minimum atomic E-state index is -4.49. The second-order valence-corrected chi connectivity index (χ2v) is 4.79. The standard InChI is InChI=1S/C12H6F4N.C5H8N2.Ir/c13-9-5-3-8(4-6-9)11-10(12(14,15)16)2-1-7-17-11;1-4(6)3-5(2)7;/h1-3,5-7H;3,6H,1-2H3;/q-1;-2;+3. The van der Waals surface area contributed by atoms with E-state index in [4.69, 9.17) is 11.1 Å². The topological polar surface area (TPSA) is 59.0 Å². The van der Waals surface area contributed by atoms with E-state index in [2.05, 4.69) is 11.1 Å². The number of rotatable bonds is 2. The molecular formula is C17H14F4IrN3. The molecule has 0 spiro atoms. The van der Waals surface area contributed by atoms with Gasteiger partial charge in [-0.25, -0.2) is 0 Å². The van der Waals surface area contributed by atoms with E-state index >= 15 is 0 Å². The molecule has 1 aromatic carbocycles. The predicted molar refractivity (Wildman–Crippen MR) is 85.6 cm³/mol. The Kier molecular flexibility index (Phi) is 9.23. The summed E-state index contributed by atoms with van der Waals surface area (Å²) in [5, 5.41) is 8.44. The minimum Gasteiger partial charge on any atom is -0.808 e. The van der Waals surface area contributed by atoms with E-state index in [1.165, 1.54) is 31.3 Å². The van der Waals surface area contributed by atoms with Gasteiger partial charge in [0, 0.05) is 23.3 Å². The van der Waals surface area contributed by atoms with E-state index in [1.54, 1.807) is 6.92 Å². The van der Waals surface area contributed by atoms with Crippen LogP contribution in [0.25, 0.3) is 22.4 Å². The van der Waals surface area contributed by atoms with Gasteiger partial charge in [0.15, 0.2) is 0 Å². The third-order valence-electron chi connectivity index (χ3n) is 2.57. The Balaban J connectivity index is 0.000000620. The van der Waals surface area contributed by atoms with Crippen molar-refractivity contribution in [1.29, 1.82) is 0 Å². The van der Waals surface area contributed by atoms with Crippen molar-refractivity contribution in [3.63, 3.8) is 0 Å². The van der Waals surface area contributed by atoms with Crippen LogP contribution in [0.2, 0.25) is 0 Å². The van der Waals surface area contributed by atoms with Crippen molar-refractivity contribution in [1.82, 2.24) is 4.98 Å². The first kappa shape index (κ1) is 22.9. The van der Waals surface area contributed by atoms with Crippen molar-refractivity contribution in [2.75, 3.05) is 0 Å². The largest absolute Gasteiger partial charge is 3.00 e. The molecule has 3 nitrogen and oxygen atoms in total. The molecule has 0 saturated heterocycles. The number of allylic oxidation sites excluding steroid dienone is 2. The molecule has 1 heterocycles. The first-order valence-electron chi connectivity index (χ1n) is 6.73. The van der Waals surface area contributed by atoms with Crippen molar-refractivity contribution >= 4 is 5.71 Å². The average Bonchev–Trinajstić information content (AvgIpc) is 2.46. The quantitative estimate of drug-likeness (QED) is 0.281. The first-order valence-corrected chi connectivity index (χ1v) is 6.73. The Hall–Kier alpha value is -2.05. The third kappa shape index (κ3) is 8.05. The van der Waals surface area contributed by atoms with Gasteiger partial charge in [-0.2, -0.15) is 24.6 Å². The molecule has 25 heavy (non-hydrogen) atoms. The van der Waals surface area contributed by atoms with Crippen LogP contribution in [0.3, 0.4) is 0 Å². The smallest absolute Gasteiger partial charge is 0.808 e. The molecule has 0 fully saturated rings. The number of halogens is 4. The number of hydrogen-bond acceptors (Lipinski definition) is 1. The summed E-state index contributed by atoms with van der Waals surface area (Å²) < 4.78 is 50.7. The molecule has 1 N–H and O–H groups in total. The Morgan fingerprint density at radius 2 is 1.88 bits per heavy atom. The van der Waals surface area contributed by atoms with Gasteiger partial charge in [-0.1, -0.05) is 19.9 Å². The van der Waals surface area contributed by atoms with Crippen LogP contribution < -0.4 is 0 Å². The second kappa shape index (κ2) is 10.1. The third-order valence-corrected chi connectivity index (χ3v) is 2.57. The van der Waals surface area contributed by atoms with E-state index in [1.807, 2.05) is 0 Å². The van der Waals surface area contributed by atoms with E-state index in [9.17, 15) is 17.6 Å². The van der Waals surface area contributed by atoms with Crippen LogP contribution in [-0.4, -0.2) is 10.7 Å². The molecule has 2 aromatic rings. The molecular weight excluding hydrogens is 514 g/mol. The number of hydrogen-bond donors (Lipinski definition) is 0. The van der Waals surface area contributed by atoms with Crippen LogP contribution in [0.4, 0.5) is 17.6 Å². The van der Waals surface area contributed by atoms with Crippen molar-refractivity contribution in [2.24, 2.45) is 0 Å². The molecule has 8 heteroatoms. The van der Waals surface area contributed by atoms with Gasteiger partial charge in [-0.05, 0) is 6.07 Å². The summed E-state index contributed by atoms with van der Waals surface area (Å²) >= 11 is 0. The Morgan fingerprint density at radius 3 is 2.28 bits per heavy atom. The van der Waals surface area contributed by atoms with Gasteiger partial charge in [0.05, 0.1) is 0 Å². The van der Waals surface area contributed by atoms with Gasteiger partial charge in [0.25, 0.3) is 0 Å². The van der Waals surface area contributed by atoms with Gasteiger partial charge < -0.3 is 16.1 Å². The monoisotopic (exact) mass is 529 g/mol. The fraction of sp³-hybridized carbons (Fsp3) is 0.176. The van der Waals surface area contributed by atoms with Gasteiger partial charge in [-0.15, -0.1) is 35.9 Å². The van der Waals surface area contributed by atoms with E-state index in [0.717, 1.165) is 18.2 Å². The number of pyridine rings is 1. The molecule has 0 aliphatic heterocycles. The van der Waals surface area contributed by atoms with Crippen molar-refractivity contribution in [3.05, 3.63) is 76.9 Å². The van der Waals surface area contributed by atoms with Crippen LogP contribution in [0.1, 0.15) is 19.4 Å². The SMILES string of the molecule is CC(=[N-])C=C(C)[NH-].Fc1c[c-]c(-c2ncccc2C(F)(F)F)cc1.[Ir+3]. The summed E-state index contributed by atoms with van der Waals surface area (Å²) in [7, 11) is 0. The Bertz CT molecular complexity index is 721. The van der Waals surface area contributed by atoms with Gasteiger partial charge in [0.1, 0.15) is 0 Å². The maximum atomic E-state index is 12.7. The van der Waals surface area contributed by atoms with E-state index in [-0.39, 0.29) is 37.1 Å². The summed E-state index contributed by atoms with van der Waals surface area (Å²) in [5.41, 5.74) is 6.35. The van der Waals surface area contributed by atoms with Crippen molar-refractivity contribution in [3.8, 4) is 11.3 Å². The number of benzene rings is 1. The first-order chi connectivity index (χ1) is 11.1. The van der Waals surface area contributed by atoms with Gasteiger partial charge >= 0.3 is 26.3 Å². The van der Waals surface area contributed by atoms with Gasteiger partial charge in [-0.3, -0.25) is 4.39 Å². The molecule has 0 aliphatic rings. The zero-order valence-corrected chi connectivity index (χ0v) is 15.7. The zero-order valence-electron chi connectivity index (χ0n) is 13.3. The second-order valence-electron chi connectivity index (χ2n) is 4.79. The van der Waals surface area contributed by atoms with Crippen molar-refractivity contribution < 1.29 is 37.7 Å². The van der Waals surface area contributed by atoms with Crippen LogP contribution >= 0.6 is 0 Å². The van der Waals surface area contributed by atoms with Crippen LogP contribution in [0.5, 0.6) is 0 Å². The van der Waals surface area contributed by atoms with E-state index < -0.39 is 17.6 Å².